The Hall–Kier alpha value is -2.50. The molecule has 0 spiro atoms. The van der Waals surface area contributed by atoms with Crippen molar-refractivity contribution in [3.8, 4) is 0 Å². The number of nitrogens with two attached hydrogens (primary N) is 1. The summed E-state index contributed by atoms with van der Waals surface area (Å²) in [4.78, 5) is 11.6. The summed E-state index contributed by atoms with van der Waals surface area (Å²) in [5.41, 5.74) is 3.86. The van der Waals surface area contributed by atoms with Gasteiger partial charge in [0.25, 0.3) is 0 Å². The Kier molecular flexibility index (Phi) is 3.59. The maximum atomic E-state index is 14.6. The smallest absolute Gasteiger partial charge is 0.405 e. The molecule has 0 aromatic heterocycles. The zero-order chi connectivity index (χ0) is 17.7. The van der Waals surface area contributed by atoms with E-state index in [4.69, 9.17) is 10.5 Å². The summed E-state index contributed by atoms with van der Waals surface area (Å²) >= 11 is 0. The SMILES string of the molecule is CC1(C)Cc2ccccc2C1(OC(N)=O)c1cc(F)c(F)cc1F. The number of amides is 1. The second-order valence-corrected chi connectivity index (χ2v) is 6.57. The van der Waals surface area contributed by atoms with Crippen molar-refractivity contribution in [2.75, 3.05) is 0 Å². The van der Waals surface area contributed by atoms with Gasteiger partial charge >= 0.3 is 6.09 Å². The van der Waals surface area contributed by atoms with Crippen LogP contribution in [0.15, 0.2) is 36.4 Å². The molecule has 0 heterocycles. The third kappa shape index (κ3) is 2.17. The molecule has 1 unspecified atom stereocenters. The molecule has 1 amide bonds. The van der Waals surface area contributed by atoms with E-state index in [1.54, 1.807) is 32.0 Å². The number of hydrogen-bond donors (Lipinski definition) is 1. The third-order valence-electron chi connectivity index (χ3n) is 4.63. The lowest BCUT2D eigenvalue weighted by molar-refractivity contribution is -0.0358. The number of fused-ring (bicyclic) bond motifs is 1. The highest BCUT2D eigenvalue weighted by molar-refractivity contribution is 5.67. The minimum Gasteiger partial charge on any atom is -0.433 e. The van der Waals surface area contributed by atoms with Gasteiger partial charge in [-0.05, 0) is 18.1 Å². The average molecular weight is 335 g/mol. The summed E-state index contributed by atoms with van der Waals surface area (Å²) in [6.07, 6.45) is -0.668. The second-order valence-electron chi connectivity index (χ2n) is 6.57. The highest BCUT2D eigenvalue weighted by Gasteiger charge is 2.58. The number of primary amides is 1. The molecule has 126 valence electrons. The summed E-state index contributed by atoms with van der Waals surface area (Å²) in [5.74, 6) is -3.53. The molecule has 3 nitrogen and oxygen atoms in total. The van der Waals surface area contributed by atoms with Crippen molar-refractivity contribution in [2.24, 2.45) is 11.1 Å². The number of rotatable bonds is 2. The maximum Gasteiger partial charge on any atom is 0.405 e. The number of carbonyl (C=O) groups is 1. The Balaban J connectivity index is 2.38. The first-order valence-electron chi connectivity index (χ1n) is 7.41. The summed E-state index contributed by atoms with van der Waals surface area (Å²) in [7, 11) is 0. The summed E-state index contributed by atoms with van der Waals surface area (Å²) in [6, 6.07) is 8.19. The van der Waals surface area contributed by atoms with Crippen molar-refractivity contribution < 1.29 is 22.7 Å². The molecule has 0 radical (unpaired) electrons. The predicted molar refractivity (Wildman–Crippen MR) is 81.7 cm³/mol. The van der Waals surface area contributed by atoms with Gasteiger partial charge in [-0.2, -0.15) is 0 Å². The molecule has 0 saturated carbocycles. The van der Waals surface area contributed by atoms with E-state index in [0.29, 0.717) is 18.1 Å². The lowest BCUT2D eigenvalue weighted by atomic mass is 9.71. The van der Waals surface area contributed by atoms with Crippen molar-refractivity contribution in [1.29, 1.82) is 0 Å². The molecule has 1 atom stereocenters. The quantitative estimate of drug-likeness (QED) is 0.843. The van der Waals surface area contributed by atoms with Crippen LogP contribution < -0.4 is 5.73 Å². The third-order valence-corrected chi connectivity index (χ3v) is 4.63. The van der Waals surface area contributed by atoms with Gasteiger partial charge in [-0.25, -0.2) is 18.0 Å². The number of ether oxygens (including phenoxy) is 1. The van der Waals surface area contributed by atoms with Gasteiger partial charge in [0, 0.05) is 22.6 Å². The van der Waals surface area contributed by atoms with Crippen LogP contribution in [0.25, 0.3) is 0 Å². The molecule has 6 heteroatoms. The molecule has 1 aliphatic rings. The first-order valence-corrected chi connectivity index (χ1v) is 7.41. The minimum absolute atomic E-state index is 0.254. The summed E-state index contributed by atoms with van der Waals surface area (Å²) in [5, 5.41) is 0. The first-order chi connectivity index (χ1) is 11.2. The van der Waals surface area contributed by atoms with Gasteiger partial charge in [-0.1, -0.05) is 38.1 Å². The van der Waals surface area contributed by atoms with Crippen molar-refractivity contribution in [2.45, 2.75) is 25.9 Å². The van der Waals surface area contributed by atoms with Crippen LogP contribution in [0.2, 0.25) is 0 Å². The molecule has 3 rings (SSSR count). The highest BCUT2D eigenvalue weighted by Crippen LogP contribution is 2.56. The van der Waals surface area contributed by atoms with Crippen LogP contribution in [0.1, 0.15) is 30.5 Å². The van der Waals surface area contributed by atoms with Crippen LogP contribution in [-0.4, -0.2) is 6.09 Å². The number of carbonyl (C=O) groups excluding carboxylic acids is 1. The number of benzene rings is 2. The number of hydrogen-bond acceptors (Lipinski definition) is 2. The Morgan fingerprint density at radius 3 is 2.33 bits per heavy atom. The van der Waals surface area contributed by atoms with E-state index >= 15 is 0 Å². The van der Waals surface area contributed by atoms with Gasteiger partial charge in [0.05, 0.1) is 0 Å². The molecule has 0 fully saturated rings. The predicted octanol–water partition coefficient (Wildman–Crippen LogP) is 4.03. The molecule has 2 aromatic rings. The molecule has 2 aromatic carbocycles. The lowest BCUT2D eigenvalue weighted by Gasteiger charge is -2.41. The first kappa shape index (κ1) is 16.4. The van der Waals surface area contributed by atoms with E-state index in [0.717, 1.165) is 11.6 Å². The summed E-state index contributed by atoms with van der Waals surface area (Å²) < 4.78 is 47.2. The van der Waals surface area contributed by atoms with Crippen LogP contribution in [0.3, 0.4) is 0 Å². The Bertz CT molecular complexity index is 835. The Morgan fingerprint density at radius 2 is 1.67 bits per heavy atom. The molecule has 0 bridgehead atoms. The van der Waals surface area contributed by atoms with Crippen LogP contribution in [0.5, 0.6) is 0 Å². The zero-order valence-electron chi connectivity index (χ0n) is 13.2. The van der Waals surface area contributed by atoms with Gasteiger partial charge in [0.2, 0.25) is 0 Å². The normalized spacial score (nSPS) is 21.4. The van der Waals surface area contributed by atoms with E-state index in [-0.39, 0.29) is 5.56 Å². The minimum atomic E-state index is -1.64. The maximum absolute atomic E-state index is 14.6. The second kappa shape index (κ2) is 5.26. The molecule has 24 heavy (non-hydrogen) atoms. The Labute approximate surface area is 137 Å². The molecule has 0 aliphatic heterocycles. The van der Waals surface area contributed by atoms with Crippen molar-refractivity contribution in [3.63, 3.8) is 0 Å². The van der Waals surface area contributed by atoms with Crippen molar-refractivity contribution in [1.82, 2.24) is 0 Å². The zero-order valence-corrected chi connectivity index (χ0v) is 13.2. The number of halogens is 3. The van der Waals surface area contributed by atoms with Crippen LogP contribution >= 0.6 is 0 Å². The van der Waals surface area contributed by atoms with E-state index in [9.17, 15) is 18.0 Å². The van der Waals surface area contributed by atoms with Gasteiger partial charge in [0.15, 0.2) is 17.2 Å². The lowest BCUT2D eigenvalue weighted by Crippen LogP contribution is -2.46. The fraction of sp³-hybridized carbons (Fsp3) is 0.278. The van der Waals surface area contributed by atoms with Crippen molar-refractivity contribution in [3.05, 3.63) is 70.5 Å². The summed E-state index contributed by atoms with van der Waals surface area (Å²) in [6.45, 7) is 3.52. The van der Waals surface area contributed by atoms with E-state index in [1.165, 1.54) is 0 Å². The Morgan fingerprint density at radius 1 is 1.04 bits per heavy atom. The standard InChI is InChI=1S/C18H16F3NO2/c1-17(2)9-10-5-3-4-6-11(10)18(17,24-16(22)23)12-7-14(20)15(21)8-13(12)19/h3-8H,9H2,1-2H3,(H2,22,23). The van der Waals surface area contributed by atoms with E-state index < -0.39 is 34.6 Å². The molecular formula is C18H16F3NO2. The fourth-order valence-corrected chi connectivity index (χ4v) is 3.68. The topological polar surface area (TPSA) is 52.3 Å². The molecule has 1 aliphatic carbocycles. The molecular weight excluding hydrogens is 319 g/mol. The van der Waals surface area contributed by atoms with Crippen LogP contribution in [-0.2, 0) is 16.8 Å². The average Bonchev–Trinajstić information content (AvgIpc) is 2.70. The highest BCUT2D eigenvalue weighted by atomic mass is 19.2. The van der Waals surface area contributed by atoms with Crippen LogP contribution in [0.4, 0.5) is 18.0 Å². The fourth-order valence-electron chi connectivity index (χ4n) is 3.68. The van der Waals surface area contributed by atoms with Gasteiger partial charge < -0.3 is 10.5 Å². The van der Waals surface area contributed by atoms with E-state index in [2.05, 4.69) is 0 Å². The van der Waals surface area contributed by atoms with Gasteiger partial charge in [-0.3, -0.25) is 0 Å². The molecule has 0 saturated heterocycles. The molecule has 2 N–H and O–H groups in total. The van der Waals surface area contributed by atoms with E-state index in [1.807, 2.05) is 6.07 Å². The van der Waals surface area contributed by atoms with Crippen LogP contribution in [0, 0.1) is 22.9 Å². The largest absolute Gasteiger partial charge is 0.433 e. The van der Waals surface area contributed by atoms with Gasteiger partial charge in [0.1, 0.15) is 5.82 Å². The van der Waals surface area contributed by atoms with Gasteiger partial charge in [-0.15, -0.1) is 0 Å². The van der Waals surface area contributed by atoms with Crippen molar-refractivity contribution >= 4 is 6.09 Å². The monoisotopic (exact) mass is 335 g/mol.